The second kappa shape index (κ2) is 14.5. The summed E-state index contributed by atoms with van der Waals surface area (Å²) in [6.45, 7) is 19.8. The SMILES string of the molecule is CCN(CC)c1ccc(C=c2c(=O)c(=CC3N(C)c4cc5c(cc4C3(C)C)N(C)C(C=c3c(=O)c(=Cc4ccc(N(CC)CC)cc4O)c3=O)C5(C)C)c2=O)c(O)c1. The molecule has 2 atom stereocenters. The quantitative estimate of drug-likeness (QED) is 0.219. The fraction of sp³-hybridized carbons (Fsp3) is 0.375. The van der Waals surface area contributed by atoms with E-state index in [0.29, 0.717) is 11.1 Å². The largest absolute Gasteiger partial charge is 0.507 e. The van der Waals surface area contributed by atoms with E-state index < -0.39 is 10.8 Å². The number of hydrogen-bond acceptors (Lipinski definition) is 10. The lowest BCUT2D eigenvalue weighted by atomic mass is 9.77. The van der Waals surface area contributed by atoms with Crippen LogP contribution in [0.5, 0.6) is 11.5 Å². The van der Waals surface area contributed by atoms with Crippen LogP contribution in [-0.2, 0) is 10.8 Å². The molecule has 2 unspecified atom stereocenters. The summed E-state index contributed by atoms with van der Waals surface area (Å²) in [6.07, 6.45) is 6.54. The lowest BCUT2D eigenvalue weighted by Gasteiger charge is -2.31. The molecular weight excluding hydrogens is 729 g/mol. The maximum absolute atomic E-state index is 13.5. The minimum Gasteiger partial charge on any atom is -0.507 e. The molecule has 2 aliphatic rings. The Morgan fingerprint density at radius 2 is 0.879 bits per heavy atom. The molecule has 0 saturated carbocycles. The van der Waals surface area contributed by atoms with Crippen molar-refractivity contribution in [1.82, 2.24) is 0 Å². The summed E-state index contributed by atoms with van der Waals surface area (Å²) in [5, 5.41) is 21.9. The molecule has 10 heteroatoms. The van der Waals surface area contributed by atoms with E-state index in [2.05, 4.69) is 59.4 Å². The first-order valence-electron chi connectivity index (χ1n) is 20.3. The zero-order chi connectivity index (χ0) is 42.2. The zero-order valence-corrected chi connectivity index (χ0v) is 35.2. The lowest BCUT2D eigenvalue weighted by molar-refractivity contribution is 0.473. The van der Waals surface area contributed by atoms with Crippen LogP contribution in [0.15, 0.2) is 67.7 Å². The van der Waals surface area contributed by atoms with Crippen molar-refractivity contribution in [2.45, 2.75) is 78.3 Å². The molecule has 302 valence electrons. The number of anilines is 4. The summed E-state index contributed by atoms with van der Waals surface area (Å²) < 4.78 is 0. The number of fused-ring (bicyclic) bond motifs is 2. The molecule has 0 aliphatic carbocycles. The molecule has 0 spiro atoms. The summed E-state index contributed by atoms with van der Waals surface area (Å²) >= 11 is 0. The average molecular weight is 783 g/mol. The second-order valence-corrected chi connectivity index (χ2v) is 16.9. The fourth-order valence-corrected chi connectivity index (χ4v) is 9.36. The van der Waals surface area contributed by atoms with Crippen molar-refractivity contribution in [2.75, 3.05) is 59.9 Å². The van der Waals surface area contributed by atoms with Gasteiger partial charge in [-0.1, -0.05) is 27.7 Å². The van der Waals surface area contributed by atoms with Gasteiger partial charge in [0.15, 0.2) is 0 Å². The van der Waals surface area contributed by atoms with E-state index in [0.717, 1.165) is 60.1 Å². The number of nitrogens with zero attached hydrogens (tertiary/aromatic N) is 4. The fourth-order valence-electron chi connectivity index (χ4n) is 9.36. The third-order valence-corrected chi connectivity index (χ3v) is 13.1. The van der Waals surface area contributed by atoms with Gasteiger partial charge in [0, 0.05) is 97.1 Å². The van der Waals surface area contributed by atoms with Crippen LogP contribution in [0.2, 0.25) is 0 Å². The topological polar surface area (TPSA) is 122 Å². The van der Waals surface area contributed by atoms with Crippen molar-refractivity contribution < 1.29 is 10.2 Å². The van der Waals surface area contributed by atoms with Crippen molar-refractivity contribution in [2.24, 2.45) is 0 Å². The molecule has 0 amide bonds. The van der Waals surface area contributed by atoms with E-state index >= 15 is 0 Å². The summed E-state index contributed by atoms with van der Waals surface area (Å²) in [6, 6.07) is 14.3. The first kappa shape index (κ1) is 40.3. The van der Waals surface area contributed by atoms with Crippen LogP contribution in [0.1, 0.15) is 77.6 Å². The normalized spacial score (nSPS) is 17.7. The van der Waals surface area contributed by atoms with E-state index in [9.17, 15) is 29.4 Å². The van der Waals surface area contributed by atoms with Crippen molar-refractivity contribution in [1.29, 1.82) is 0 Å². The molecule has 10 nitrogen and oxygen atoms in total. The highest BCUT2D eigenvalue weighted by Crippen LogP contribution is 2.53. The molecule has 7 rings (SSSR count). The van der Waals surface area contributed by atoms with Gasteiger partial charge in [-0.3, -0.25) is 19.2 Å². The lowest BCUT2D eigenvalue weighted by Crippen LogP contribution is -2.65. The van der Waals surface area contributed by atoms with Gasteiger partial charge >= 0.3 is 0 Å². The van der Waals surface area contributed by atoms with Gasteiger partial charge in [-0.2, -0.15) is 0 Å². The summed E-state index contributed by atoms with van der Waals surface area (Å²) in [7, 11) is 3.95. The van der Waals surface area contributed by atoms with Crippen LogP contribution in [0.25, 0.3) is 24.3 Å². The highest BCUT2D eigenvalue weighted by molar-refractivity contribution is 5.79. The van der Waals surface area contributed by atoms with Crippen molar-refractivity contribution in [3.05, 3.63) is 133 Å². The molecule has 2 N–H and O–H groups in total. The van der Waals surface area contributed by atoms with Crippen molar-refractivity contribution in [3.8, 4) is 11.5 Å². The van der Waals surface area contributed by atoms with E-state index in [4.69, 9.17) is 0 Å². The summed E-state index contributed by atoms with van der Waals surface area (Å²) in [5.41, 5.74) is 4.39. The maximum atomic E-state index is 13.5. The second-order valence-electron chi connectivity index (χ2n) is 16.9. The van der Waals surface area contributed by atoms with Crippen LogP contribution >= 0.6 is 0 Å². The summed E-state index contributed by atoms with van der Waals surface area (Å²) in [5.74, 6) is 0.0327. The average Bonchev–Trinajstić information content (AvgIpc) is 3.50. The number of benzene rings is 3. The van der Waals surface area contributed by atoms with E-state index in [-0.39, 0.29) is 66.2 Å². The molecule has 0 bridgehead atoms. The highest BCUT2D eigenvalue weighted by Gasteiger charge is 2.48. The first-order valence-corrected chi connectivity index (χ1v) is 20.3. The third-order valence-electron chi connectivity index (χ3n) is 13.1. The van der Waals surface area contributed by atoms with Gasteiger partial charge in [0.2, 0.25) is 21.7 Å². The van der Waals surface area contributed by atoms with Gasteiger partial charge in [-0.15, -0.1) is 0 Å². The van der Waals surface area contributed by atoms with E-state index in [1.807, 2.05) is 53.9 Å². The summed E-state index contributed by atoms with van der Waals surface area (Å²) in [4.78, 5) is 62.3. The molecule has 2 heterocycles. The number of hydrogen-bond donors (Lipinski definition) is 2. The Morgan fingerprint density at radius 3 is 1.17 bits per heavy atom. The Bertz CT molecular complexity index is 2610. The Labute approximate surface area is 338 Å². The van der Waals surface area contributed by atoms with E-state index in [1.54, 1.807) is 36.4 Å². The first-order chi connectivity index (χ1) is 27.4. The number of phenolic OH excluding ortho intramolecular Hbond substituents is 2. The molecule has 0 fully saturated rings. The van der Waals surface area contributed by atoms with E-state index in [1.165, 1.54) is 12.2 Å². The van der Waals surface area contributed by atoms with Gasteiger partial charge in [0.1, 0.15) is 11.5 Å². The minimum absolute atomic E-state index is 0.0163. The van der Waals surface area contributed by atoms with Crippen LogP contribution in [0.4, 0.5) is 22.7 Å². The van der Waals surface area contributed by atoms with Crippen LogP contribution < -0.4 is 62.2 Å². The van der Waals surface area contributed by atoms with Gasteiger partial charge in [0.05, 0.1) is 33.0 Å². The Hall–Kier alpha value is -5.90. The molecule has 0 radical (unpaired) electrons. The minimum atomic E-state index is -0.485. The molecule has 5 aromatic carbocycles. The number of rotatable bonds is 10. The molecular formula is C48H54N4O6. The molecule has 0 saturated heterocycles. The molecule has 5 aromatic rings. The Balaban J connectivity index is 1.19. The van der Waals surface area contributed by atoms with Gasteiger partial charge in [0.25, 0.3) is 0 Å². The standard InChI is InChI=1S/C48H54N4O6/c1-11-51(12-2)29-17-15-27(39(53)21-29)19-31-43(55)33(44(31)56)23-41-47(5,6)35-25-38-36(26-37(35)49(41)9)48(7,8)42(50(38)10)24-34-45(57)32(46(34)58)20-28-16-18-30(22-40(28)54)52(13-3)14-4/h15-26,41-42,53-54H,11-14H2,1-10H3. The van der Waals surface area contributed by atoms with Crippen LogP contribution in [0, 0.1) is 0 Å². The monoisotopic (exact) mass is 782 g/mol. The molecule has 2 aliphatic heterocycles. The van der Waals surface area contributed by atoms with Crippen molar-refractivity contribution in [3.63, 3.8) is 0 Å². The third kappa shape index (κ3) is 6.15. The van der Waals surface area contributed by atoms with Gasteiger partial charge < -0.3 is 29.8 Å². The number of likely N-dealkylation sites (N-methyl/N-ethyl adjacent to an activating group) is 2. The smallest absolute Gasteiger partial charge is 0.200 e. The molecule has 0 aromatic heterocycles. The predicted octanol–water partition coefficient (Wildman–Crippen LogP) is 2.79. The number of phenols is 2. The van der Waals surface area contributed by atoms with Crippen molar-refractivity contribution >= 4 is 47.1 Å². The van der Waals surface area contributed by atoms with Gasteiger partial charge in [-0.25, -0.2) is 0 Å². The maximum Gasteiger partial charge on any atom is 0.200 e. The Kier molecular flexibility index (Phi) is 10.1. The van der Waals surface area contributed by atoms with Crippen LogP contribution in [-0.4, -0.2) is 62.6 Å². The highest BCUT2D eigenvalue weighted by atomic mass is 16.3. The van der Waals surface area contributed by atoms with Crippen LogP contribution in [0.3, 0.4) is 0 Å². The zero-order valence-electron chi connectivity index (χ0n) is 35.2. The predicted molar refractivity (Wildman–Crippen MR) is 237 cm³/mol. The molecule has 58 heavy (non-hydrogen) atoms. The Morgan fingerprint density at radius 1 is 0.552 bits per heavy atom. The number of aromatic hydroxyl groups is 2. The van der Waals surface area contributed by atoms with Gasteiger partial charge in [-0.05, 0) is 99.5 Å².